The van der Waals surface area contributed by atoms with Crippen LogP contribution in [0.15, 0.2) is 30.3 Å². The molecule has 0 saturated carbocycles. The number of rotatable bonds is 6. The third-order valence-electron chi connectivity index (χ3n) is 4.82. The fraction of sp³-hybridized carbons (Fsp3) is 0.429. The van der Waals surface area contributed by atoms with Crippen LogP contribution < -0.4 is 4.90 Å². The molecule has 1 aromatic heterocycles. The van der Waals surface area contributed by atoms with Crippen LogP contribution >= 0.6 is 0 Å². The highest BCUT2D eigenvalue weighted by Gasteiger charge is 2.28. The van der Waals surface area contributed by atoms with Crippen molar-refractivity contribution in [3.63, 3.8) is 0 Å². The molecule has 0 aliphatic carbocycles. The Morgan fingerprint density at radius 2 is 1.82 bits per heavy atom. The molecule has 0 spiro atoms. The van der Waals surface area contributed by atoms with Crippen LogP contribution in [0.2, 0.25) is 0 Å². The SMILES string of the molecule is Cc1nc(CN(C)C(=O)CN(C)C)nc2c1CCC(=O)N2Cc1ccccc1. The maximum atomic E-state index is 12.6. The quantitative estimate of drug-likeness (QED) is 0.763. The van der Waals surface area contributed by atoms with Crippen LogP contribution in [-0.2, 0) is 29.1 Å². The normalized spacial score (nSPS) is 13.6. The lowest BCUT2D eigenvalue weighted by Crippen LogP contribution is -2.37. The number of likely N-dealkylation sites (N-methyl/N-ethyl adjacent to an activating group) is 2. The maximum Gasteiger partial charge on any atom is 0.236 e. The second kappa shape index (κ2) is 8.48. The number of nitrogens with zero attached hydrogens (tertiary/aromatic N) is 5. The number of fused-ring (bicyclic) bond motifs is 1. The van der Waals surface area contributed by atoms with Crippen molar-refractivity contribution in [2.24, 2.45) is 0 Å². The van der Waals surface area contributed by atoms with E-state index in [0.29, 0.717) is 44.1 Å². The van der Waals surface area contributed by atoms with Crippen LogP contribution in [0, 0.1) is 6.92 Å². The minimum absolute atomic E-state index is 0.00110. The summed E-state index contributed by atoms with van der Waals surface area (Å²) < 4.78 is 0. The molecule has 0 unspecified atom stereocenters. The van der Waals surface area contributed by atoms with Crippen molar-refractivity contribution in [2.45, 2.75) is 32.9 Å². The summed E-state index contributed by atoms with van der Waals surface area (Å²) in [7, 11) is 5.47. The number of aromatic nitrogens is 2. The van der Waals surface area contributed by atoms with E-state index in [1.807, 2.05) is 56.3 Å². The summed E-state index contributed by atoms with van der Waals surface area (Å²) in [6.45, 7) is 3.08. The largest absolute Gasteiger partial charge is 0.337 e. The Morgan fingerprint density at radius 3 is 2.50 bits per heavy atom. The van der Waals surface area contributed by atoms with Crippen LogP contribution in [0.1, 0.15) is 29.1 Å². The van der Waals surface area contributed by atoms with Crippen molar-refractivity contribution >= 4 is 17.6 Å². The molecule has 0 atom stereocenters. The number of carbonyl (C=O) groups is 2. The van der Waals surface area contributed by atoms with Gasteiger partial charge in [0.25, 0.3) is 0 Å². The highest BCUT2D eigenvalue weighted by Crippen LogP contribution is 2.29. The van der Waals surface area contributed by atoms with Gasteiger partial charge in [0.15, 0.2) is 0 Å². The summed E-state index contributed by atoms with van der Waals surface area (Å²) in [5.74, 6) is 1.30. The molecule has 2 heterocycles. The number of aryl methyl sites for hydroxylation is 1. The van der Waals surface area contributed by atoms with Crippen molar-refractivity contribution < 1.29 is 9.59 Å². The van der Waals surface area contributed by atoms with Gasteiger partial charge in [0, 0.05) is 24.7 Å². The number of carbonyl (C=O) groups excluding carboxylic acids is 2. The molecule has 28 heavy (non-hydrogen) atoms. The van der Waals surface area contributed by atoms with Crippen LogP contribution in [0.25, 0.3) is 0 Å². The molecule has 2 amide bonds. The van der Waals surface area contributed by atoms with E-state index in [2.05, 4.69) is 4.98 Å². The molecule has 0 bridgehead atoms. The van der Waals surface area contributed by atoms with Gasteiger partial charge in [-0.2, -0.15) is 0 Å². The first-order valence-corrected chi connectivity index (χ1v) is 9.44. The van der Waals surface area contributed by atoms with Gasteiger partial charge in [-0.25, -0.2) is 9.97 Å². The molecular formula is C21H27N5O2. The zero-order valence-corrected chi connectivity index (χ0v) is 17.0. The first kappa shape index (κ1) is 19.9. The standard InChI is InChI=1S/C21H27N5O2/c1-15-17-10-11-19(27)26(12-16-8-6-5-7-9-16)21(17)23-18(22-15)13-25(4)20(28)14-24(2)3/h5-9H,10-14H2,1-4H3. The Balaban J connectivity index is 1.87. The number of amides is 2. The fourth-order valence-electron chi connectivity index (χ4n) is 3.33. The fourth-order valence-corrected chi connectivity index (χ4v) is 3.33. The average Bonchev–Trinajstić information content (AvgIpc) is 2.64. The highest BCUT2D eigenvalue weighted by atomic mass is 16.2. The van der Waals surface area contributed by atoms with Crippen LogP contribution in [-0.4, -0.2) is 59.3 Å². The van der Waals surface area contributed by atoms with E-state index in [0.717, 1.165) is 16.8 Å². The lowest BCUT2D eigenvalue weighted by molar-refractivity contribution is -0.131. The van der Waals surface area contributed by atoms with Crippen molar-refractivity contribution in [2.75, 3.05) is 32.6 Å². The van der Waals surface area contributed by atoms with Gasteiger partial charge >= 0.3 is 0 Å². The Hall–Kier alpha value is -2.80. The summed E-state index contributed by atoms with van der Waals surface area (Å²) >= 11 is 0. The molecule has 1 aliphatic rings. The predicted molar refractivity (Wildman–Crippen MR) is 108 cm³/mol. The predicted octanol–water partition coefficient (Wildman–Crippen LogP) is 1.78. The topological polar surface area (TPSA) is 69.6 Å². The van der Waals surface area contributed by atoms with Gasteiger partial charge in [0.2, 0.25) is 11.8 Å². The monoisotopic (exact) mass is 381 g/mol. The molecule has 1 aliphatic heterocycles. The third kappa shape index (κ3) is 4.54. The second-order valence-corrected chi connectivity index (χ2v) is 7.48. The van der Waals surface area contributed by atoms with E-state index in [4.69, 9.17) is 4.98 Å². The van der Waals surface area contributed by atoms with Crippen molar-refractivity contribution in [3.8, 4) is 0 Å². The molecule has 1 aromatic carbocycles. The Kier molecular flexibility index (Phi) is 6.04. The summed E-state index contributed by atoms with van der Waals surface area (Å²) in [5, 5.41) is 0. The molecule has 148 valence electrons. The van der Waals surface area contributed by atoms with Gasteiger partial charge in [0.05, 0.1) is 19.6 Å². The van der Waals surface area contributed by atoms with E-state index in [1.165, 1.54) is 0 Å². The van der Waals surface area contributed by atoms with Crippen molar-refractivity contribution in [1.29, 1.82) is 0 Å². The summed E-state index contributed by atoms with van der Waals surface area (Å²) in [6, 6.07) is 9.90. The number of hydrogen-bond acceptors (Lipinski definition) is 5. The summed E-state index contributed by atoms with van der Waals surface area (Å²) in [5.41, 5.74) is 2.94. The van der Waals surface area contributed by atoms with Crippen LogP contribution in [0.5, 0.6) is 0 Å². The number of hydrogen-bond donors (Lipinski definition) is 0. The minimum Gasteiger partial charge on any atom is -0.337 e. The molecule has 0 fully saturated rings. The van der Waals surface area contributed by atoms with E-state index >= 15 is 0 Å². The molecule has 3 rings (SSSR count). The molecule has 7 nitrogen and oxygen atoms in total. The lowest BCUT2D eigenvalue weighted by atomic mass is 10.0. The zero-order valence-electron chi connectivity index (χ0n) is 17.0. The van der Waals surface area contributed by atoms with Gasteiger partial charge in [-0.05, 0) is 33.0 Å². The summed E-state index contributed by atoms with van der Waals surface area (Å²) in [6.07, 6.45) is 1.12. The van der Waals surface area contributed by atoms with Gasteiger partial charge < -0.3 is 9.80 Å². The minimum atomic E-state index is 0.00110. The zero-order chi connectivity index (χ0) is 20.3. The van der Waals surface area contributed by atoms with E-state index in [9.17, 15) is 9.59 Å². The Morgan fingerprint density at radius 1 is 1.11 bits per heavy atom. The first-order valence-electron chi connectivity index (χ1n) is 9.44. The maximum absolute atomic E-state index is 12.6. The smallest absolute Gasteiger partial charge is 0.236 e. The third-order valence-corrected chi connectivity index (χ3v) is 4.82. The Bertz CT molecular complexity index is 867. The van der Waals surface area contributed by atoms with E-state index < -0.39 is 0 Å². The second-order valence-electron chi connectivity index (χ2n) is 7.48. The van der Waals surface area contributed by atoms with Crippen molar-refractivity contribution in [3.05, 3.63) is 53.0 Å². The number of anilines is 1. The molecule has 0 N–H and O–H groups in total. The van der Waals surface area contributed by atoms with Gasteiger partial charge in [-0.1, -0.05) is 30.3 Å². The summed E-state index contributed by atoms with van der Waals surface area (Å²) in [4.78, 5) is 39.4. The van der Waals surface area contributed by atoms with E-state index in [1.54, 1.807) is 16.8 Å². The number of benzene rings is 1. The highest BCUT2D eigenvalue weighted by molar-refractivity contribution is 5.95. The average molecular weight is 381 g/mol. The Labute approximate surface area is 166 Å². The van der Waals surface area contributed by atoms with E-state index in [-0.39, 0.29) is 11.8 Å². The lowest BCUT2D eigenvalue weighted by Gasteiger charge is -2.30. The van der Waals surface area contributed by atoms with Crippen LogP contribution in [0.3, 0.4) is 0 Å². The van der Waals surface area contributed by atoms with Crippen LogP contribution in [0.4, 0.5) is 5.82 Å². The molecule has 0 radical (unpaired) electrons. The molecular weight excluding hydrogens is 354 g/mol. The first-order chi connectivity index (χ1) is 13.3. The van der Waals surface area contributed by atoms with Crippen molar-refractivity contribution in [1.82, 2.24) is 19.8 Å². The van der Waals surface area contributed by atoms with Gasteiger partial charge in [-0.15, -0.1) is 0 Å². The van der Waals surface area contributed by atoms with Gasteiger partial charge in [-0.3, -0.25) is 14.5 Å². The molecule has 2 aromatic rings. The molecule has 7 heteroatoms. The molecule has 0 saturated heterocycles. The van der Waals surface area contributed by atoms with Gasteiger partial charge in [0.1, 0.15) is 11.6 Å².